The normalized spacial score (nSPS) is 29.5. The van der Waals surface area contributed by atoms with Crippen LogP contribution in [0.4, 0.5) is 0 Å². The molecule has 7 heteroatoms. The Bertz CT molecular complexity index is 401. The van der Waals surface area contributed by atoms with Gasteiger partial charge in [0.1, 0.15) is 12.2 Å². The van der Waals surface area contributed by atoms with Gasteiger partial charge in [0.15, 0.2) is 12.2 Å². The molecule has 19 heavy (non-hydrogen) atoms. The molecule has 1 rings (SSSR count). The molecule has 0 unspecified atom stereocenters. The van der Waals surface area contributed by atoms with Crippen molar-refractivity contribution in [2.75, 3.05) is 0 Å². The maximum Gasteiger partial charge on any atom is 0.303 e. The van der Waals surface area contributed by atoms with Crippen LogP contribution in [-0.4, -0.2) is 47.4 Å². The van der Waals surface area contributed by atoms with Gasteiger partial charge in [0.25, 0.3) is 0 Å². The van der Waals surface area contributed by atoms with Crippen molar-refractivity contribution in [1.29, 1.82) is 0 Å². The molecule has 0 saturated carbocycles. The summed E-state index contributed by atoms with van der Waals surface area (Å²) in [6.07, 6.45) is -1.48. The van der Waals surface area contributed by atoms with Gasteiger partial charge in [-0.2, -0.15) is 0 Å². The van der Waals surface area contributed by atoms with E-state index in [9.17, 15) is 19.5 Å². The Hall–Kier alpha value is -1.89. The van der Waals surface area contributed by atoms with Gasteiger partial charge in [0.05, 0.1) is 0 Å². The van der Waals surface area contributed by atoms with E-state index in [1.54, 1.807) is 0 Å². The first-order valence-corrected chi connectivity index (χ1v) is 5.69. The highest BCUT2D eigenvalue weighted by Crippen LogP contribution is 2.22. The van der Waals surface area contributed by atoms with Gasteiger partial charge < -0.3 is 19.3 Å². The number of aliphatic hydroxyl groups excluding tert-OH is 1. The van der Waals surface area contributed by atoms with Gasteiger partial charge >= 0.3 is 17.9 Å². The molecule has 0 saturated heterocycles. The van der Waals surface area contributed by atoms with Gasteiger partial charge in [-0.15, -0.1) is 0 Å². The summed E-state index contributed by atoms with van der Waals surface area (Å²) in [5.74, 6) is -1.80. The largest absolute Gasteiger partial charge is 0.455 e. The molecule has 106 valence electrons. The van der Waals surface area contributed by atoms with Crippen LogP contribution in [0.3, 0.4) is 0 Å². The molecule has 0 aromatic carbocycles. The minimum Gasteiger partial charge on any atom is -0.455 e. The fourth-order valence-electron chi connectivity index (χ4n) is 1.75. The first-order valence-electron chi connectivity index (χ1n) is 5.69. The van der Waals surface area contributed by atoms with E-state index in [0.717, 1.165) is 6.92 Å². The quantitative estimate of drug-likeness (QED) is 0.428. The predicted octanol–water partition coefficient (Wildman–Crippen LogP) is -0.288. The van der Waals surface area contributed by atoms with Gasteiger partial charge in [0, 0.05) is 20.8 Å². The summed E-state index contributed by atoms with van der Waals surface area (Å²) in [7, 11) is 0. The number of rotatable bonds is 3. The van der Waals surface area contributed by atoms with E-state index < -0.39 is 42.3 Å². The van der Waals surface area contributed by atoms with E-state index in [2.05, 4.69) is 0 Å². The Balaban J connectivity index is 2.89. The Morgan fingerprint density at radius 3 is 1.74 bits per heavy atom. The fourth-order valence-corrected chi connectivity index (χ4v) is 1.75. The highest BCUT2D eigenvalue weighted by Gasteiger charge is 2.41. The van der Waals surface area contributed by atoms with Gasteiger partial charge in [-0.1, -0.05) is 0 Å². The third-order valence-electron chi connectivity index (χ3n) is 2.39. The molecule has 0 aliphatic heterocycles. The maximum absolute atomic E-state index is 11.0. The predicted molar refractivity (Wildman–Crippen MR) is 61.8 cm³/mol. The Morgan fingerprint density at radius 2 is 1.26 bits per heavy atom. The van der Waals surface area contributed by atoms with E-state index in [4.69, 9.17) is 14.2 Å². The van der Waals surface area contributed by atoms with Crippen LogP contribution in [-0.2, 0) is 28.6 Å². The van der Waals surface area contributed by atoms with E-state index in [0.29, 0.717) is 0 Å². The molecule has 7 nitrogen and oxygen atoms in total. The van der Waals surface area contributed by atoms with Crippen LogP contribution >= 0.6 is 0 Å². The average molecular weight is 272 g/mol. The third kappa shape index (κ3) is 4.36. The van der Waals surface area contributed by atoms with E-state index in [1.807, 2.05) is 0 Å². The number of hydrogen-bond acceptors (Lipinski definition) is 7. The Labute approximate surface area is 110 Å². The molecule has 0 radical (unpaired) electrons. The Kier molecular flexibility index (Phi) is 5.05. The molecule has 0 aromatic heterocycles. The molecule has 0 bridgehead atoms. The molecule has 0 fully saturated rings. The van der Waals surface area contributed by atoms with E-state index in [1.165, 1.54) is 26.0 Å². The summed E-state index contributed by atoms with van der Waals surface area (Å²) < 4.78 is 14.7. The first-order chi connectivity index (χ1) is 8.81. The van der Waals surface area contributed by atoms with Crippen LogP contribution in [0.1, 0.15) is 20.8 Å². The molecular weight excluding hydrogens is 256 g/mol. The topological polar surface area (TPSA) is 99.1 Å². The second-order valence-corrected chi connectivity index (χ2v) is 4.10. The van der Waals surface area contributed by atoms with Crippen molar-refractivity contribution in [3.05, 3.63) is 12.2 Å². The zero-order valence-corrected chi connectivity index (χ0v) is 10.9. The van der Waals surface area contributed by atoms with Crippen molar-refractivity contribution >= 4 is 17.9 Å². The molecular formula is C12H16O7. The highest BCUT2D eigenvalue weighted by atomic mass is 16.6. The summed E-state index contributed by atoms with van der Waals surface area (Å²) in [6.45, 7) is 3.56. The zero-order valence-electron chi connectivity index (χ0n) is 10.9. The molecule has 1 aliphatic rings. The van der Waals surface area contributed by atoms with Crippen molar-refractivity contribution in [3.63, 3.8) is 0 Å². The average Bonchev–Trinajstić information content (AvgIpc) is 2.26. The number of carbonyl (C=O) groups is 3. The third-order valence-corrected chi connectivity index (χ3v) is 2.39. The van der Waals surface area contributed by atoms with Crippen molar-refractivity contribution < 1.29 is 33.7 Å². The maximum atomic E-state index is 11.0. The number of ether oxygens (including phenoxy) is 3. The molecule has 0 spiro atoms. The highest BCUT2D eigenvalue weighted by molar-refractivity contribution is 5.68. The SMILES string of the molecule is CC(=O)O[C@@H]1[C@H](O)[C@H](OC(C)=O)C=C[C@H]1OC(C)=O. The van der Waals surface area contributed by atoms with Crippen molar-refractivity contribution in [2.45, 2.75) is 45.2 Å². The number of carbonyl (C=O) groups excluding carboxylic acids is 3. The van der Waals surface area contributed by atoms with Gasteiger partial charge in [-0.05, 0) is 12.2 Å². The van der Waals surface area contributed by atoms with Gasteiger partial charge in [-0.25, -0.2) is 0 Å². The van der Waals surface area contributed by atoms with Crippen molar-refractivity contribution in [1.82, 2.24) is 0 Å². The van der Waals surface area contributed by atoms with Crippen LogP contribution in [0, 0.1) is 0 Å². The van der Waals surface area contributed by atoms with Crippen molar-refractivity contribution in [3.8, 4) is 0 Å². The van der Waals surface area contributed by atoms with Gasteiger partial charge in [0.2, 0.25) is 0 Å². The molecule has 0 aromatic rings. The Morgan fingerprint density at radius 1 is 0.842 bits per heavy atom. The van der Waals surface area contributed by atoms with Crippen LogP contribution < -0.4 is 0 Å². The standard InChI is InChI=1S/C12H16O7/c1-6(13)17-9-4-5-10(18-7(2)14)12(11(9)16)19-8(3)15/h4-5,9-12,16H,1-3H3/t9-,10-,11-,12+/m1/s1. The lowest BCUT2D eigenvalue weighted by Gasteiger charge is -2.34. The van der Waals surface area contributed by atoms with Crippen LogP contribution in [0.2, 0.25) is 0 Å². The van der Waals surface area contributed by atoms with Gasteiger partial charge in [-0.3, -0.25) is 14.4 Å². The number of esters is 3. The number of aliphatic hydroxyl groups is 1. The molecule has 1 N–H and O–H groups in total. The monoisotopic (exact) mass is 272 g/mol. The summed E-state index contributed by atoms with van der Waals surface area (Å²) in [5, 5.41) is 10.0. The molecule has 1 aliphatic carbocycles. The van der Waals surface area contributed by atoms with E-state index in [-0.39, 0.29) is 0 Å². The summed E-state index contributed by atoms with van der Waals surface area (Å²) in [5.41, 5.74) is 0. The van der Waals surface area contributed by atoms with E-state index >= 15 is 0 Å². The molecule has 0 amide bonds. The molecule has 4 atom stereocenters. The molecule has 0 heterocycles. The summed E-state index contributed by atoms with van der Waals surface area (Å²) >= 11 is 0. The lowest BCUT2D eigenvalue weighted by molar-refractivity contribution is -0.182. The van der Waals surface area contributed by atoms with Crippen LogP contribution in [0.5, 0.6) is 0 Å². The van der Waals surface area contributed by atoms with Crippen LogP contribution in [0.25, 0.3) is 0 Å². The minimum absolute atomic E-state index is 0.579. The second kappa shape index (κ2) is 6.33. The minimum atomic E-state index is -1.30. The summed E-state index contributed by atoms with van der Waals surface area (Å²) in [6, 6.07) is 0. The fraction of sp³-hybridized carbons (Fsp3) is 0.583. The summed E-state index contributed by atoms with van der Waals surface area (Å²) in [4.78, 5) is 32.8. The lowest BCUT2D eigenvalue weighted by atomic mass is 9.95. The second-order valence-electron chi connectivity index (χ2n) is 4.10. The number of hydrogen-bond donors (Lipinski definition) is 1. The van der Waals surface area contributed by atoms with Crippen molar-refractivity contribution in [2.24, 2.45) is 0 Å². The first kappa shape index (κ1) is 15.2. The smallest absolute Gasteiger partial charge is 0.303 e. The zero-order chi connectivity index (χ0) is 14.6. The lowest BCUT2D eigenvalue weighted by Crippen LogP contribution is -2.51. The van der Waals surface area contributed by atoms with Crippen LogP contribution in [0.15, 0.2) is 12.2 Å².